The minimum Gasteiger partial charge on any atom is -0.384 e. The third kappa shape index (κ3) is 3.52. The molecule has 0 amide bonds. The zero-order chi connectivity index (χ0) is 9.90. The Morgan fingerprint density at radius 3 is 2.62 bits per heavy atom. The van der Waals surface area contributed by atoms with E-state index in [0.29, 0.717) is 13.0 Å². The number of aliphatic hydroxyl groups is 1. The summed E-state index contributed by atoms with van der Waals surface area (Å²) in [6, 6.07) is 0. The van der Waals surface area contributed by atoms with E-state index in [1.807, 2.05) is 0 Å². The highest BCUT2D eigenvalue weighted by molar-refractivity contribution is 4.71. The van der Waals surface area contributed by atoms with Crippen LogP contribution in [0.25, 0.3) is 0 Å². The zero-order valence-corrected chi connectivity index (χ0v) is 7.18. The van der Waals surface area contributed by atoms with E-state index in [-0.39, 0.29) is 12.5 Å². The van der Waals surface area contributed by atoms with Crippen LogP contribution in [0.5, 0.6) is 0 Å². The van der Waals surface area contributed by atoms with Gasteiger partial charge < -0.3 is 9.84 Å². The Morgan fingerprint density at radius 1 is 1.46 bits per heavy atom. The van der Waals surface area contributed by atoms with Gasteiger partial charge >= 0.3 is 6.18 Å². The van der Waals surface area contributed by atoms with Crippen LogP contribution in [-0.2, 0) is 4.74 Å². The van der Waals surface area contributed by atoms with Crippen LogP contribution in [0.2, 0.25) is 0 Å². The monoisotopic (exact) mass is 198 g/mol. The van der Waals surface area contributed by atoms with E-state index < -0.39 is 12.3 Å². The van der Waals surface area contributed by atoms with Gasteiger partial charge in [0.25, 0.3) is 0 Å². The summed E-state index contributed by atoms with van der Waals surface area (Å²) in [5, 5.41) is 8.67. The molecule has 2 atom stereocenters. The highest BCUT2D eigenvalue weighted by Crippen LogP contribution is 2.25. The van der Waals surface area contributed by atoms with Gasteiger partial charge in [0.05, 0.1) is 6.10 Å². The van der Waals surface area contributed by atoms with Crippen LogP contribution in [0.1, 0.15) is 25.7 Å². The van der Waals surface area contributed by atoms with Gasteiger partial charge in [-0.3, -0.25) is 0 Å². The molecule has 5 heteroatoms. The first kappa shape index (κ1) is 10.8. The molecule has 1 heterocycles. The van der Waals surface area contributed by atoms with E-state index >= 15 is 0 Å². The van der Waals surface area contributed by atoms with Gasteiger partial charge in [-0.05, 0) is 25.7 Å². The summed E-state index contributed by atoms with van der Waals surface area (Å²) in [4.78, 5) is 0. The van der Waals surface area contributed by atoms with Crippen LogP contribution in [-0.4, -0.2) is 30.1 Å². The lowest BCUT2D eigenvalue weighted by molar-refractivity contribution is -0.206. The Morgan fingerprint density at radius 2 is 2.15 bits per heavy atom. The van der Waals surface area contributed by atoms with Crippen LogP contribution in [0.15, 0.2) is 0 Å². The topological polar surface area (TPSA) is 29.5 Å². The van der Waals surface area contributed by atoms with Crippen molar-refractivity contribution in [1.29, 1.82) is 0 Å². The molecule has 0 saturated carbocycles. The summed E-state index contributed by atoms with van der Waals surface area (Å²) in [7, 11) is 0. The normalized spacial score (nSPS) is 26.3. The second kappa shape index (κ2) is 4.28. The van der Waals surface area contributed by atoms with Crippen LogP contribution in [0, 0.1) is 0 Å². The van der Waals surface area contributed by atoms with Gasteiger partial charge in [-0.15, -0.1) is 0 Å². The highest BCUT2D eigenvalue weighted by atomic mass is 19.4. The molecule has 13 heavy (non-hydrogen) atoms. The summed E-state index contributed by atoms with van der Waals surface area (Å²) >= 11 is 0. The molecule has 1 unspecified atom stereocenters. The van der Waals surface area contributed by atoms with Crippen molar-refractivity contribution in [2.75, 3.05) is 6.61 Å². The molecular weight excluding hydrogens is 185 g/mol. The second-order valence-electron chi connectivity index (χ2n) is 3.27. The first-order chi connectivity index (χ1) is 6.00. The minimum absolute atomic E-state index is 0.0861. The number of alkyl halides is 3. The molecular formula is C8H13F3O2. The highest BCUT2D eigenvalue weighted by Gasteiger charge is 2.38. The molecule has 0 aromatic heterocycles. The molecule has 1 N–H and O–H groups in total. The molecule has 0 bridgehead atoms. The number of halogens is 3. The van der Waals surface area contributed by atoms with Gasteiger partial charge in [-0.1, -0.05) is 0 Å². The summed E-state index contributed by atoms with van der Waals surface area (Å²) < 4.78 is 40.6. The van der Waals surface area contributed by atoms with E-state index in [2.05, 4.69) is 0 Å². The molecule has 0 radical (unpaired) electrons. The predicted molar refractivity (Wildman–Crippen MR) is 40.3 cm³/mol. The summed E-state index contributed by atoms with van der Waals surface area (Å²) in [6.07, 6.45) is -5.01. The van der Waals surface area contributed by atoms with Crippen molar-refractivity contribution in [2.24, 2.45) is 0 Å². The lowest BCUT2D eigenvalue weighted by Crippen LogP contribution is -2.29. The lowest BCUT2D eigenvalue weighted by Gasteiger charge is -2.16. The molecule has 2 nitrogen and oxygen atoms in total. The average Bonchev–Trinajstić information content (AvgIpc) is 2.50. The molecule has 1 aliphatic rings. The Labute approximate surface area is 74.7 Å². The van der Waals surface area contributed by atoms with E-state index in [1.165, 1.54) is 0 Å². The molecule has 0 aromatic rings. The van der Waals surface area contributed by atoms with E-state index in [1.54, 1.807) is 0 Å². The molecule has 1 aliphatic heterocycles. The Bertz CT molecular complexity index is 152. The molecule has 1 saturated heterocycles. The molecule has 78 valence electrons. The van der Waals surface area contributed by atoms with Crippen molar-refractivity contribution >= 4 is 0 Å². The van der Waals surface area contributed by atoms with Crippen molar-refractivity contribution in [2.45, 2.75) is 44.1 Å². The first-order valence-corrected chi connectivity index (χ1v) is 4.36. The maximum absolute atomic E-state index is 11.8. The van der Waals surface area contributed by atoms with Crippen molar-refractivity contribution in [3.63, 3.8) is 0 Å². The fraction of sp³-hybridized carbons (Fsp3) is 1.00. The molecule has 0 aliphatic carbocycles. The van der Waals surface area contributed by atoms with Gasteiger partial charge in [0, 0.05) is 6.61 Å². The van der Waals surface area contributed by atoms with Crippen molar-refractivity contribution in [1.82, 2.24) is 0 Å². The van der Waals surface area contributed by atoms with Crippen LogP contribution in [0.4, 0.5) is 13.2 Å². The number of aliphatic hydroxyl groups excluding tert-OH is 1. The Kier molecular flexibility index (Phi) is 3.55. The van der Waals surface area contributed by atoms with Crippen LogP contribution >= 0.6 is 0 Å². The standard InChI is InChI=1S/C8H13F3O2/c9-8(10,11)7(12)4-3-6-2-1-5-13-6/h6-7,12H,1-5H2/t6?,7-/m1/s1. The third-order valence-corrected chi connectivity index (χ3v) is 2.16. The zero-order valence-electron chi connectivity index (χ0n) is 7.18. The maximum atomic E-state index is 11.8. The quantitative estimate of drug-likeness (QED) is 0.750. The largest absolute Gasteiger partial charge is 0.414 e. The van der Waals surface area contributed by atoms with Gasteiger partial charge in [-0.25, -0.2) is 0 Å². The molecule has 0 spiro atoms. The van der Waals surface area contributed by atoms with E-state index in [9.17, 15) is 13.2 Å². The van der Waals surface area contributed by atoms with Crippen LogP contribution in [0.3, 0.4) is 0 Å². The molecule has 1 rings (SSSR count). The minimum atomic E-state index is -4.49. The van der Waals surface area contributed by atoms with Crippen molar-refractivity contribution in [3.05, 3.63) is 0 Å². The van der Waals surface area contributed by atoms with Gasteiger partial charge in [0.1, 0.15) is 6.10 Å². The van der Waals surface area contributed by atoms with Crippen molar-refractivity contribution in [3.8, 4) is 0 Å². The fourth-order valence-corrected chi connectivity index (χ4v) is 1.38. The summed E-state index contributed by atoms with van der Waals surface area (Å²) in [5.41, 5.74) is 0. The number of hydrogen-bond donors (Lipinski definition) is 1. The van der Waals surface area contributed by atoms with Gasteiger partial charge in [0.15, 0.2) is 0 Å². The fourth-order valence-electron chi connectivity index (χ4n) is 1.38. The summed E-state index contributed by atoms with van der Waals surface area (Å²) in [5.74, 6) is 0. The summed E-state index contributed by atoms with van der Waals surface area (Å²) in [6.45, 7) is 0.632. The Hall–Kier alpha value is -0.290. The van der Waals surface area contributed by atoms with E-state index in [4.69, 9.17) is 9.84 Å². The molecule has 1 fully saturated rings. The molecule has 0 aromatic carbocycles. The van der Waals surface area contributed by atoms with Gasteiger partial charge in [-0.2, -0.15) is 13.2 Å². The lowest BCUT2D eigenvalue weighted by atomic mass is 10.1. The van der Waals surface area contributed by atoms with Gasteiger partial charge in [0.2, 0.25) is 0 Å². The predicted octanol–water partition coefficient (Wildman–Crippen LogP) is 1.87. The average molecular weight is 198 g/mol. The van der Waals surface area contributed by atoms with Crippen molar-refractivity contribution < 1.29 is 23.0 Å². The second-order valence-corrected chi connectivity index (χ2v) is 3.27. The third-order valence-electron chi connectivity index (χ3n) is 2.16. The Balaban J connectivity index is 2.17. The van der Waals surface area contributed by atoms with Crippen LogP contribution < -0.4 is 0 Å². The SMILES string of the molecule is O[C@H](CCC1CCCO1)C(F)(F)F. The first-order valence-electron chi connectivity index (χ1n) is 4.36. The number of ether oxygens (including phenoxy) is 1. The number of rotatable bonds is 3. The smallest absolute Gasteiger partial charge is 0.384 e. The maximum Gasteiger partial charge on any atom is 0.414 e. The van der Waals surface area contributed by atoms with E-state index in [0.717, 1.165) is 12.8 Å². The number of hydrogen-bond acceptors (Lipinski definition) is 2.